The number of methoxy groups -OCH3 is 2. The molecule has 0 saturated carbocycles. The van der Waals surface area contributed by atoms with Crippen molar-refractivity contribution in [3.8, 4) is 11.5 Å². The third-order valence-electron chi connectivity index (χ3n) is 6.96. The molecule has 1 N–H and O–H groups in total. The number of aromatic nitrogens is 2. The van der Waals surface area contributed by atoms with E-state index in [1.807, 2.05) is 13.8 Å². The average Bonchev–Trinajstić information content (AvgIpc) is 3.22. The maximum Gasteiger partial charge on any atom is 0.332 e. The lowest BCUT2D eigenvalue weighted by molar-refractivity contribution is -0.131. The molecule has 2 amide bonds. The number of fused-ring (bicyclic) bond motifs is 1. The summed E-state index contributed by atoms with van der Waals surface area (Å²) in [4.78, 5) is 54.8. The fraction of sp³-hybridized carbons (Fsp3) is 0.448. The molecule has 2 heterocycles. The van der Waals surface area contributed by atoms with Gasteiger partial charge in [0, 0.05) is 30.8 Å². The van der Waals surface area contributed by atoms with Crippen molar-refractivity contribution in [1.29, 1.82) is 0 Å². The maximum absolute atomic E-state index is 13.8. The zero-order valence-corrected chi connectivity index (χ0v) is 23.0. The molecule has 2 aromatic carbocycles. The van der Waals surface area contributed by atoms with Crippen LogP contribution >= 0.6 is 0 Å². The predicted octanol–water partition coefficient (Wildman–Crippen LogP) is 2.77. The standard InChI is InChI=1S/C29H36N4O6/c1-19(2)30-27(35)21-11-9-20(10-12-21)17-33-28(36)22-15-24(38-3)25(39-4)16-23(22)32(29(33)37)18-26(34)31-13-7-5-6-8-14-31/h9-12,15-16,19H,5-8,13-14,17-18H2,1-4H3,(H,30,35). The summed E-state index contributed by atoms with van der Waals surface area (Å²) in [7, 11) is 2.94. The summed E-state index contributed by atoms with van der Waals surface area (Å²) in [6.45, 7) is 4.85. The summed E-state index contributed by atoms with van der Waals surface area (Å²) in [6, 6.07) is 9.86. The molecule has 0 bridgehead atoms. The van der Waals surface area contributed by atoms with E-state index in [-0.39, 0.29) is 36.3 Å². The Labute approximate surface area is 227 Å². The fourth-order valence-corrected chi connectivity index (χ4v) is 4.88. The molecule has 0 radical (unpaired) electrons. The van der Waals surface area contributed by atoms with Gasteiger partial charge in [0.2, 0.25) is 5.91 Å². The van der Waals surface area contributed by atoms with Crippen molar-refractivity contribution in [2.75, 3.05) is 27.3 Å². The largest absolute Gasteiger partial charge is 0.493 e. The zero-order chi connectivity index (χ0) is 28.1. The van der Waals surface area contributed by atoms with Gasteiger partial charge in [-0.25, -0.2) is 4.79 Å². The fourth-order valence-electron chi connectivity index (χ4n) is 4.88. The first-order valence-electron chi connectivity index (χ1n) is 13.3. The van der Waals surface area contributed by atoms with Gasteiger partial charge in [0.25, 0.3) is 11.5 Å². The molecule has 1 aliphatic rings. The Hall–Kier alpha value is -4.08. The number of carbonyl (C=O) groups is 2. The number of nitrogens with zero attached hydrogens (tertiary/aromatic N) is 3. The third-order valence-corrected chi connectivity index (χ3v) is 6.96. The normalized spacial score (nSPS) is 13.8. The third kappa shape index (κ3) is 6.16. The van der Waals surface area contributed by atoms with Crippen LogP contribution in [0.4, 0.5) is 0 Å². The Balaban J connectivity index is 1.78. The number of hydrogen-bond donors (Lipinski definition) is 1. The zero-order valence-electron chi connectivity index (χ0n) is 23.0. The van der Waals surface area contributed by atoms with Crippen LogP contribution in [0, 0.1) is 0 Å². The molecular formula is C29H36N4O6. The molecule has 1 fully saturated rings. The van der Waals surface area contributed by atoms with Crippen LogP contribution in [0.3, 0.4) is 0 Å². The minimum Gasteiger partial charge on any atom is -0.493 e. The Kier molecular flexibility index (Phi) is 8.73. The number of rotatable bonds is 8. The van der Waals surface area contributed by atoms with Crippen molar-refractivity contribution in [1.82, 2.24) is 19.4 Å². The molecule has 10 nitrogen and oxygen atoms in total. The van der Waals surface area contributed by atoms with E-state index in [2.05, 4.69) is 5.32 Å². The second-order valence-corrected chi connectivity index (χ2v) is 10.1. The van der Waals surface area contributed by atoms with Gasteiger partial charge in [0.1, 0.15) is 6.54 Å². The van der Waals surface area contributed by atoms with Gasteiger partial charge in [-0.2, -0.15) is 0 Å². The molecular weight excluding hydrogens is 500 g/mol. The summed E-state index contributed by atoms with van der Waals surface area (Å²) in [6.07, 6.45) is 4.01. The van der Waals surface area contributed by atoms with E-state index >= 15 is 0 Å². The minimum absolute atomic E-state index is 0.000500. The maximum atomic E-state index is 13.8. The summed E-state index contributed by atoms with van der Waals surface area (Å²) < 4.78 is 13.3. The summed E-state index contributed by atoms with van der Waals surface area (Å²) in [5, 5.41) is 3.08. The van der Waals surface area contributed by atoms with E-state index in [0.29, 0.717) is 41.2 Å². The lowest BCUT2D eigenvalue weighted by Crippen LogP contribution is -2.44. The SMILES string of the molecule is COc1cc2c(=O)n(Cc3ccc(C(=O)NC(C)C)cc3)c(=O)n(CC(=O)N3CCCCCC3)c2cc1OC. The van der Waals surface area contributed by atoms with Crippen LogP contribution in [0.5, 0.6) is 11.5 Å². The van der Waals surface area contributed by atoms with Gasteiger partial charge in [-0.05, 0) is 50.5 Å². The number of amides is 2. The van der Waals surface area contributed by atoms with Gasteiger partial charge >= 0.3 is 5.69 Å². The predicted molar refractivity (Wildman–Crippen MR) is 149 cm³/mol. The number of carbonyl (C=O) groups excluding carboxylic acids is 2. The van der Waals surface area contributed by atoms with E-state index in [9.17, 15) is 19.2 Å². The van der Waals surface area contributed by atoms with Crippen LogP contribution in [-0.4, -0.2) is 59.2 Å². The summed E-state index contributed by atoms with van der Waals surface area (Å²) in [5.74, 6) is 0.335. The second-order valence-electron chi connectivity index (χ2n) is 10.1. The number of likely N-dealkylation sites (tertiary alicyclic amines) is 1. The summed E-state index contributed by atoms with van der Waals surface area (Å²) in [5.41, 5.74) is 0.361. The van der Waals surface area contributed by atoms with Crippen molar-refractivity contribution in [3.63, 3.8) is 0 Å². The van der Waals surface area contributed by atoms with Crippen LogP contribution in [0.1, 0.15) is 55.5 Å². The Morgan fingerprint density at radius 2 is 1.51 bits per heavy atom. The molecule has 208 valence electrons. The molecule has 3 aromatic rings. The highest BCUT2D eigenvalue weighted by Gasteiger charge is 2.22. The van der Waals surface area contributed by atoms with E-state index in [0.717, 1.165) is 30.3 Å². The monoisotopic (exact) mass is 536 g/mol. The molecule has 10 heteroatoms. The number of benzene rings is 2. The molecule has 0 unspecified atom stereocenters. The smallest absolute Gasteiger partial charge is 0.332 e. The molecule has 0 spiro atoms. The van der Waals surface area contributed by atoms with Crippen molar-refractivity contribution >= 4 is 22.7 Å². The minimum atomic E-state index is -0.593. The van der Waals surface area contributed by atoms with Gasteiger partial charge < -0.3 is 19.7 Å². The Bertz CT molecular complexity index is 1460. The molecule has 4 rings (SSSR count). The number of hydrogen-bond acceptors (Lipinski definition) is 6. The van der Waals surface area contributed by atoms with Gasteiger partial charge in [-0.3, -0.25) is 23.5 Å². The number of ether oxygens (including phenoxy) is 2. The highest BCUT2D eigenvalue weighted by Crippen LogP contribution is 2.30. The highest BCUT2D eigenvalue weighted by atomic mass is 16.5. The van der Waals surface area contributed by atoms with Gasteiger partial charge in [0.05, 0.1) is 31.7 Å². The van der Waals surface area contributed by atoms with Gasteiger partial charge in [-0.15, -0.1) is 0 Å². The quantitative estimate of drug-likeness (QED) is 0.474. The van der Waals surface area contributed by atoms with E-state index in [1.165, 1.54) is 18.8 Å². The topological polar surface area (TPSA) is 112 Å². The van der Waals surface area contributed by atoms with Crippen LogP contribution in [0.25, 0.3) is 10.9 Å². The van der Waals surface area contributed by atoms with E-state index in [4.69, 9.17) is 9.47 Å². The van der Waals surface area contributed by atoms with Crippen LogP contribution in [0.15, 0.2) is 46.0 Å². The molecule has 0 atom stereocenters. The number of nitrogens with one attached hydrogen (secondary N) is 1. The van der Waals surface area contributed by atoms with Crippen LogP contribution in [0.2, 0.25) is 0 Å². The molecule has 1 aliphatic heterocycles. The van der Waals surface area contributed by atoms with E-state index < -0.39 is 11.2 Å². The van der Waals surface area contributed by atoms with Crippen molar-refractivity contribution < 1.29 is 19.1 Å². The Morgan fingerprint density at radius 1 is 0.897 bits per heavy atom. The Morgan fingerprint density at radius 3 is 2.10 bits per heavy atom. The van der Waals surface area contributed by atoms with Crippen molar-refractivity contribution in [3.05, 3.63) is 68.4 Å². The first-order chi connectivity index (χ1) is 18.7. The van der Waals surface area contributed by atoms with Crippen molar-refractivity contribution in [2.45, 2.75) is 58.7 Å². The first kappa shape index (κ1) is 27.9. The second kappa shape index (κ2) is 12.2. The first-order valence-corrected chi connectivity index (χ1v) is 13.3. The molecule has 0 aliphatic carbocycles. The average molecular weight is 537 g/mol. The lowest BCUT2D eigenvalue weighted by atomic mass is 10.1. The molecule has 1 aromatic heterocycles. The van der Waals surface area contributed by atoms with Crippen LogP contribution < -0.4 is 26.0 Å². The molecule has 1 saturated heterocycles. The lowest BCUT2D eigenvalue weighted by Gasteiger charge is -2.22. The molecule has 39 heavy (non-hydrogen) atoms. The highest BCUT2D eigenvalue weighted by molar-refractivity contribution is 5.94. The van der Waals surface area contributed by atoms with E-state index in [1.54, 1.807) is 41.3 Å². The summed E-state index contributed by atoms with van der Waals surface area (Å²) >= 11 is 0. The van der Waals surface area contributed by atoms with Gasteiger partial charge in [0.15, 0.2) is 11.5 Å². The van der Waals surface area contributed by atoms with Gasteiger partial charge in [-0.1, -0.05) is 25.0 Å². The van der Waals surface area contributed by atoms with Crippen LogP contribution in [-0.2, 0) is 17.9 Å². The van der Waals surface area contributed by atoms with Crippen molar-refractivity contribution in [2.24, 2.45) is 0 Å².